The molecule has 0 unspecified atom stereocenters. The minimum absolute atomic E-state index is 0.00917. The van der Waals surface area contributed by atoms with Crippen molar-refractivity contribution < 1.29 is 9.72 Å². The number of carbonyl (C=O) groups excluding carboxylic acids is 1. The Labute approximate surface area is 152 Å². The minimum atomic E-state index is -0.465. The van der Waals surface area contributed by atoms with Crippen molar-refractivity contribution in [3.63, 3.8) is 0 Å². The van der Waals surface area contributed by atoms with Gasteiger partial charge in [-0.25, -0.2) is 5.43 Å². The molecule has 0 saturated carbocycles. The Morgan fingerprint density at radius 2 is 1.92 bits per heavy atom. The molecule has 0 aliphatic rings. The van der Waals surface area contributed by atoms with Crippen LogP contribution in [-0.4, -0.2) is 23.1 Å². The van der Waals surface area contributed by atoms with Gasteiger partial charge < -0.3 is 5.32 Å². The van der Waals surface area contributed by atoms with Crippen LogP contribution in [0.2, 0.25) is 0 Å². The van der Waals surface area contributed by atoms with Crippen LogP contribution in [0.25, 0.3) is 0 Å². The van der Waals surface area contributed by atoms with Gasteiger partial charge in [0, 0.05) is 17.8 Å². The van der Waals surface area contributed by atoms with Gasteiger partial charge in [-0.3, -0.25) is 14.9 Å². The van der Waals surface area contributed by atoms with Crippen molar-refractivity contribution in [2.45, 2.75) is 33.2 Å². The summed E-state index contributed by atoms with van der Waals surface area (Å²) in [5.41, 5.74) is 6.33. The SMILES string of the molecule is CC[C@@H](Nc1ccc(C)cc1C)C(=O)N/N=C\c1ccc([N+](=O)[O-])cc1. The van der Waals surface area contributed by atoms with Crippen molar-refractivity contribution in [2.75, 3.05) is 5.32 Å². The summed E-state index contributed by atoms with van der Waals surface area (Å²) in [6.45, 7) is 5.93. The second-order valence-electron chi connectivity index (χ2n) is 6.01. The van der Waals surface area contributed by atoms with Crippen LogP contribution in [0, 0.1) is 24.0 Å². The Hall–Kier alpha value is -3.22. The highest BCUT2D eigenvalue weighted by Crippen LogP contribution is 2.17. The number of benzene rings is 2. The second-order valence-corrected chi connectivity index (χ2v) is 6.01. The standard InChI is InChI=1S/C19H22N4O3/c1-4-17(21-18-10-5-13(2)11-14(18)3)19(24)22-20-12-15-6-8-16(9-7-15)23(25)26/h5-12,17,21H,4H2,1-3H3,(H,22,24)/b20-12-/t17-/m1/s1. The molecule has 0 aromatic heterocycles. The van der Waals surface area contributed by atoms with Gasteiger partial charge in [-0.2, -0.15) is 5.10 Å². The Morgan fingerprint density at radius 3 is 2.50 bits per heavy atom. The van der Waals surface area contributed by atoms with E-state index in [1.165, 1.54) is 23.9 Å². The molecule has 0 radical (unpaired) electrons. The van der Waals surface area contributed by atoms with E-state index < -0.39 is 11.0 Å². The lowest BCUT2D eigenvalue weighted by Crippen LogP contribution is -2.37. The molecule has 0 saturated heterocycles. The van der Waals surface area contributed by atoms with Crippen LogP contribution < -0.4 is 10.7 Å². The number of amides is 1. The highest BCUT2D eigenvalue weighted by Gasteiger charge is 2.16. The molecular formula is C19H22N4O3. The Balaban J connectivity index is 1.96. The molecule has 7 nitrogen and oxygen atoms in total. The average Bonchev–Trinajstić information content (AvgIpc) is 2.61. The van der Waals surface area contributed by atoms with E-state index in [1.807, 2.05) is 32.9 Å². The number of nitro groups is 1. The van der Waals surface area contributed by atoms with Gasteiger partial charge in [0.15, 0.2) is 0 Å². The fourth-order valence-corrected chi connectivity index (χ4v) is 2.45. The summed E-state index contributed by atoms with van der Waals surface area (Å²) < 4.78 is 0. The lowest BCUT2D eigenvalue weighted by molar-refractivity contribution is -0.384. The number of carbonyl (C=O) groups is 1. The zero-order valence-electron chi connectivity index (χ0n) is 15.0. The highest BCUT2D eigenvalue weighted by molar-refractivity contribution is 5.87. The van der Waals surface area contributed by atoms with E-state index in [2.05, 4.69) is 21.9 Å². The smallest absolute Gasteiger partial charge is 0.269 e. The molecule has 136 valence electrons. The summed E-state index contributed by atoms with van der Waals surface area (Å²) >= 11 is 0. The summed E-state index contributed by atoms with van der Waals surface area (Å²) in [5, 5.41) is 17.8. The maximum Gasteiger partial charge on any atom is 0.269 e. The maximum atomic E-state index is 12.3. The van der Waals surface area contributed by atoms with Gasteiger partial charge in [-0.15, -0.1) is 0 Å². The summed E-state index contributed by atoms with van der Waals surface area (Å²) in [4.78, 5) is 22.5. The van der Waals surface area contributed by atoms with Crippen LogP contribution in [0.5, 0.6) is 0 Å². The van der Waals surface area contributed by atoms with E-state index in [0.29, 0.717) is 12.0 Å². The van der Waals surface area contributed by atoms with Crippen molar-refractivity contribution in [3.05, 3.63) is 69.3 Å². The number of hydrogen-bond acceptors (Lipinski definition) is 5. The van der Waals surface area contributed by atoms with Crippen LogP contribution in [0.1, 0.15) is 30.0 Å². The van der Waals surface area contributed by atoms with Crippen LogP contribution in [0.4, 0.5) is 11.4 Å². The van der Waals surface area contributed by atoms with Gasteiger partial charge in [0.05, 0.1) is 11.1 Å². The molecule has 2 aromatic rings. The number of nitrogens with zero attached hydrogens (tertiary/aromatic N) is 2. The molecular weight excluding hydrogens is 332 g/mol. The average molecular weight is 354 g/mol. The van der Waals surface area contributed by atoms with E-state index in [0.717, 1.165) is 11.3 Å². The van der Waals surface area contributed by atoms with E-state index >= 15 is 0 Å². The van der Waals surface area contributed by atoms with E-state index in [1.54, 1.807) is 12.1 Å². The number of rotatable bonds is 7. The second kappa shape index (κ2) is 8.75. The van der Waals surface area contributed by atoms with Crippen molar-refractivity contribution in [1.29, 1.82) is 0 Å². The quantitative estimate of drug-likeness (QED) is 0.451. The van der Waals surface area contributed by atoms with E-state index in [-0.39, 0.29) is 11.6 Å². The molecule has 7 heteroatoms. The first-order chi connectivity index (χ1) is 12.4. The van der Waals surface area contributed by atoms with Crippen LogP contribution in [0.15, 0.2) is 47.6 Å². The number of non-ortho nitro benzene ring substituents is 1. The number of hydrazone groups is 1. The summed E-state index contributed by atoms with van der Waals surface area (Å²) in [5.74, 6) is -0.245. The number of aryl methyl sites for hydroxylation is 2. The number of hydrogen-bond donors (Lipinski definition) is 2. The molecule has 0 fully saturated rings. The molecule has 0 aliphatic carbocycles. The molecule has 26 heavy (non-hydrogen) atoms. The third kappa shape index (κ3) is 5.14. The summed E-state index contributed by atoms with van der Waals surface area (Å²) in [6.07, 6.45) is 2.05. The van der Waals surface area contributed by atoms with Crippen LogP contribution >= 0.6 is 0 Å². The number of anilines is 1. The lowest BCUT2D eigenvalue weighted by atomic mass is 10.1. The fourth-order valence-electron chi connectivity index (χ4n) is 2.45. The summed E-state index contributed by atoms with van der Waals surface area (Å²) in [7, 11) is 0. The zero-order valence-corrected chi connectivity index (χ0v) is 15.0. The minimum Gasteiger partial charge on any atom is -0.373 e. The molecule has 2 N–H and O–H groups in total. The molecule has 1 amide bonds. The predicted molar refractivity (Wildman–Crippen MR) is 102 cm³/mol. The number of nitrogens with one attached hydrogen (secondary N) is 2. The molecule has 1 atom stereocenters. The molecule has 0 heterocycles. The third-order valence-electron chi connectivity index (χ3n) is 3.93. The Bertz CT molecular complexity index is 816. The molecule has 0 aliphatic heterocycles. The van der Waals surface area contributed by atoms with Gasteiger partial charge in [0.25, 0.3) is 11.6 Å². The zero-order chi connectivity index (χ0) is 19.1. The number of nitro benzene ring substituents is 1. The fraction of sp³-hybridized carbons (Fsp3) is 0.263. The van der Waals surface area contributed by atoms with Gasteiger partial charge in [0.2, 0.25) is 0 Å². The van der Waals surface area contributed by atoms with Crippen LogP contribution in [0.3, 0.4) is 0 Å². The Kier molecular flexibility index (Phi) is 6.43. The monoisotopic (exact) mass is 354 g/mol. The maximum absolute atomic E-state index is 12.3. The molecule has 2 aromatic carbocycles. The third-order valence-corrected chi connectivity index (χ3v) is 3.93. The van der Waals surface area contributed by atoms with E-state index in [4.69, 9.17) is 0 Å². The van der Waals surface area contributed by atoms with Crippen molar-refractivity contribution in [3.8, 4) is 0 Å². The van der Waals surface area contributed by atoms with Gasteiger partial charge in [-0.05, 0) is 49.6 Å². The Morgan fingerprint density at radius 1 is 1.23 bits per heavy atom. The molecule has 0 bridgehead atoms. The largest absolute Gasteiger partial charge is 0.373 e. The van der Waals surface area contributed by atoms with Crippen molar-refractivity contribution in [1.82, 2.24) is 5.43 Å². The van der Waals surface area contributed by atoms with Crippen molar-refractivity contribution in [2.24, 2.45) is 5.10 Å². The molecule has 0 spiro atoms. The van der Waals surface area contributed by atoms with E-state index in [9.17, 15) is 14.9 Å². The molecule has 2 rings (SSSR count). The summed E-state index contributed by atoms with van der Waals surface area (Å²) in [6, 6.07) is 11.5. The van der Waals surface area contributed by atoms with Crippen molar-refractivity contribution >= 4 is 23.5 Å². The normalized spacial score (nSPS) is 12.0. The van der Waals surface area contributed by atoms with Gasteiger partial charge in [-0.1, -0.05) is 24.6 Å². The lowest BCUT2D eigenvalue weighted by Gasteiger charge is -2.18. The topological polar surface area (TPSA) is 96.6 Å². The van der Waals surface area contributed by atoms with Crippen LogP contribution in [-0.2, 0) is 4.79 Å². The predicted octanol–water partition coefficient (Wildman–Crippen LogP) is 3.55. The first-order valence-electron chi connectivity index (χ1n) is 8.32. The highest BCUT2D eigenvalue weighted by atomic mass is 16.6. The first kappa shape index (κ1) is 19.1. The first-order valence-corrected chi connectivity index (χ1v) is 8.32. The van der Waals surface area contributed by atoms with Gasteiger partial charge in [0.1, 0.15) is 6.04 Å². The van der Waals surface area contributed by atoms with Gasteiger partial charge >= 0.3 is 0 Å².